The van der Waals surface area contributed by atoms with Crippen molar-refractivity contribution in [3.05, 3.63) is 47.3 Å². The summed E-state index contributed by atoms with van der Waals surface area (Å²) in [5, 5.41) is 11.0. The normalized spacial score (nSPS) is 28.0. The molecule has 4 unspecified atom stereocenters. The van der Waals surface area contributed by atoms with Gasteiger partial charge in [0.1, 0.15) is 11.4 Å². The SMILES string of the molecule is CN1C(=O)c2nc3c(ccc4ccc(C(=O)O)nc43)cc2C2C3CCC(C3)C21. The summed E-state index contributed by atoms with van der Waals surface area (Å²) in [6, 6.07) is 9.57. The molecule has 1 N–H and O–H groups in total. The van der Waals surface area contributed by atoms with Crippen molar-refractivity contribution in [1.29, 1.82) is 0 Å². The van der Waals surface area contributed by atoms with Gasteiger partial charge in [-0.15, -0.1) is 0 Å². The van der Waals surface area contributed by atoms with E-state index in [-0.39, 0.29) is 17.6 Å². The quantitative estimate of drug-likeness (QED) is 0.661. The van der Waals surface area contributed by atoms with Gasteiger partial charge in [-0.25, -0.2) is 14.8 Å². The van der Waals surface area contributed by atoms with Crippen LogP contribution in [-0.2, 0) is 0 Å². The Morgan fingerprint density at radius 1 is 1.07 bits per heavy atom. The fourth-order valence-corrected chi connectivity index (χ4v) is 5.94. The van der Waals surface area contributed by atoms with Crippen molar-refractivity contribution in [2.75, 3.05) is 7.05 Å². The van der Waals surface area contributed by atoms with Gasteiger partial charge in [0.2, 0.25) is 0 Å². The van der Waals surface area contributed by atoms with Gasteiger partial charge in [-0.3, -0.25) is 4.79 Å². The van der Waals surface area contributed by atoms with Crippen LogP contribution in [0, 0.1) is 11.8 Å². The molecule has 1 aromatic carbocycles. The lowest BCUT2D eigenvalue weighted by Crippen LogP contribution is -2.48. The second kappa shape index (κ2) is 5.28. The number of carboxylic acids is 1. The lowest BCUT2D eigenvalue weighted by Gasteiger charge is -2.42. The van der Waals surface area contributed by atoms with Crippen LogP contribution in [0.25, 0.3) is 21.8 Å². The Morgan fingerprint density at radius 3 is 2.61 bits per heavy atom. The zero-order chi connectivity index (χ0) is 19.2. The highest BCUT2D eigenvalue weighted by atomic mass is 16.4. The van der Waals surface area contributed by atoms with Crippen LogP contribution in [0.1, 0.15) is 51.7 Å². The lowest BCUT2D eigenvalue weighted by atomic mass is 9.75. The number of hydrogen-bond acceptors (Lipinski definition) is 4. The molecule has 4 atom stereocenters. The van der Waals surface area contributed by atoms with Gasteiger partial charge in [-0.05, 0) is 48.8 Å². The molecule has 0 radical (unpaired) electrons. The monoisotopic (exact) mass is 373 g/mol. The summed E-state index contributed by atoms with van der Waals surface area (Å²) in [4.78, 5) is 35.5. The summed E-state index contributed by atoms with van der Waals surface area (Å²) in [6.07, 6.45) is 3.64. The molecular weight excluding hydrogens is 354 g/mol. The highest BCUT2D eigenvalue weighted by molar-refractivity contribution is 6.07. The number of fused-ring (bicyclic) bond motifs is 10. The molecule has 1 amide bonds. The Morgan fingerprint density at radius 2 is 1.79 bits per heavy atom. The number of aromatic carboxylic acids is 1. The first kappa shape index (κ1) is 16.0. The van der Waals surface area contributed by atoms with Crippen molar-refractivity contribution in [2.24, 2.45) is 11.8 Å². The fourth-order valence-electron chi connectivity index (χ4n) is 5.94. The first-order valence-electron chi connectivity index (χ1n) is 9.78. The topological polar surface area (TPSA) is 83.4 Å². The molecule has 2 aliphatic carbocycles. The first-order chi connectivity index (χ1) is 13.5. The summed E-state index contributed by atoms with van der Waals surface area (Å²) >= 11 is 0. The molecule has 28 heavy (non-hydrogen) atoms. The van der Waals surface area contributed by atoms with Crippen molar-refractivity contribution in [3.63, 3.8) is 0 Å². The third kappa shape index (κ3) is 1.92. The van der Waals surface area contributed by atoms with Crippen LogP contribution < -0.4 is 0 Å². The molecule has 0 saturated heterocycles. The second-order valence-electron chi connectivity index (χ2n) is 8.40. The average Bonchev–Trinajstić information content (AvgIpc) is 3.32. The lowest BCUT2D eigenvalue weighted by molar-refractivity contribution is 0.0599. The van der Waals surface area contributed by atoms with E-state index in [4.69, 9.17) is 4.98 Å². The van der Waals surface area contributed by atoms with Gasteiger partial charge in [0.15, 0.2) is 0 Å². The number of carbonyl (C=O) groups excluding carboxylic acids is 1. The van der Waals surface area contributed by atoms with Crippen molar-refractivity contribution in [1.82, 2.24) is 14.9 Å². The fraction of sp³-hybridized carbons (Fsp3) is 0.364. The van der Waals surface area contributed by atoms with Gasteiger partial charge in [-0.1, -0.05) is 18.2 Å². The van der Waals surface area contributed by atoms with Gasteiger partial charge in [-0.2, -0.15) is 0 Å². The Labute approximate surface area is 161 Å². The number of aromatic nitrogens is 2. The van der Waals surface area contributed by atoms with Gasteiger partial charge >= 0.3 is 5.97 Å². The van der Waals surface area contributed by atoms with Crippen LogP contribution in [0.4, 0.5) is 0 Å². The molecule has 3 aliphatic rings. The Hall–Kier alpha value is -3.02. The van der Waals surface area contributed by atoms with Gasteiger partial charge in [0.05, 0.1) is 11.0 Å². The molecule has 3 heterocycles. The molecule has 2 fully saturated rings. The minimum absolute atomic E-state index is 0.0175. The van der Waals surface area contributed by atoms with E-state index >= 15 is 0 Å². The van der Waals surface area contributed by atoms with Gasteiger partial charge in [0.25, 0.3) is 5.91 Å². The largest absolute Gasteiger partial charge is 0.477 e. The van der Waals surface area contributed by atoms with Gasteiger partial charge < -0.3 is 10.0 Å². The van der Waals surface area contributed by atoms with E-state index in [2.05, 4.69) is 11.1 Å². The number of nitrogens with zero attached hydrogens (tertiary/aromatic N) is 3. The molecule has 2 bridgehead atoms. The van der Waals surface area contributed by atoms with Crippen LogP contribution in [0.2, 0.25) is 0 Å². The summed E-state index contributed by atoms with van der Waals surface area (Å²) < 4.78 is 0. The van der Waals surface area contributed by atoms with Gasteiger partial charge in [0, 0.05) is 29.8 Å². The van der Waals surface area contributed by atoms with Crippen molar-refractivity contribution in [2.45, 2.75) is 31.2 Å². The second-order valence-corrected chi connectivity index (χ2v) is 8.40. The summed E-state index contributed by atoms with van der Waals surface area (Å²) in [7, 11) is 1.90. The highest BCUT2D eigenvalue weighted by Gasteiger charge is 2.54. The van der Waals surface area contributed by atoms with Crippen LogP contribution in [-0.4, -0.2) is 44.9 Å². The Balaban J connectivity index is 1.63. The zero-order valence-electron chi connectivity index (χ0n) is 15.4. The number of amides is 1. The third-order valence-electron chi connectivity index (χ3n) is 7.10. The Kier molecular flexibility index (Phi) is 3.01. The molecular formula is C22H19N3O3. The minimum Gasteiger partial charge on any atom is -0.477 e. The molecule has 2 aromatic heterocycles. The number of likely N-dealkylation sites (N-methyl/N-ethyl adjacent to an activating group) is 1. The predicted molar refractivity (Wildman–Crippen MR) is 103 cm³/mol. The molecule has 2 saturated carbocycles. The minimum atomic E-state index is -1.07. The summed E-state index contributed by atoms with van der Waals surface area (Å²) in [5.41, 5.74) is 2.70. The van der Waals surface area contributed by atoms with Crippen molar-refractivity contribution < 1.29 is 14.7 Å². The van der Waals surface area contributed by atoms with Crippen molar-refractivity contribution in [3.8, 4) is 0 Å². The maximum atomic E-state index is 13.1. The number of carbonyl (C=O) groups is 2. The molecule has 6 heteroatoms. The van der Waals surface area contributed by atoms with E-state index in [0.717, 1.165) is 16.3 Å². The smallest absolute Gasteiger partial charge is 0.354 e. The zero-order valence-corrected chi connectivity index (χ0v) is 15.4. The molecule has 3 aromatic rings. The van der Waals surface area contributed by atoms with E-state index in [0.29, 0.717) is 34.5 Å². The van der Waals surface area contributed by atoms with E-state index < -0.39 is 5.97 Å². The maximum Gasteiger partial charge on any atom is 0.354 e. The first-order valence-corrected chi connectivity index (χ1v) is 9.78. The molecule has 0 spiro atoms. The van der Waals surface area contributed by atoms with Crippen LogP contribution >= 0.6 is 0 Å². The maximum absolute atomic E-state index is 13.1. The molecule has 6 nitrogen and oxygen atoms in total. The van der Waals surface area contributed by atoms with Crippen molar-refractivity contribution >= 4 is 33.7 Å². The number of hydrogen-bond donors (Lipinski definition) is 1. The van der Waals surface area contributed by atoms with Crippen LogP contribution in [0.5, 0.6) is 0 Å². The average molecular weight is 373 g/mol. The predicted octanol–water partition coefficient (Wildman–Crippen LogP) is 3.45. The highest BCUT2D eigenvalue weighted by Crippen LogP contribution is 2.57. The number of pyridine rings is 2. The van der Waals surface area contributed by atoms with Crippen LogP contribution in [0.15, 0.2) is 30.3 Å². The van der Waals surface area contributed by atoms with E-state index in [9.17, 15) is 14.7 Å². The number of rotatable bonds is 1. The van der Waals surface area contributed by atoms with Crippen LogP contribution in [0.3, 0.4) is 0 Å². The van der Waals surface area contributed by atoms with E-state index in [1.807, 2.05) is 24.1 Å². The van der Waals surface area contributed by atoms with E-state index in [1.54, 1.807) is 6.07 Å². The number of carboxylic acid groups (broad SMARTS) is 1. The molecule has 1 aliphatic heterocycles. The Bertz CT molecular complexity index is 1200. The summed E-state index contributed by atoms with van der Waals surface area (Å²) in [6.45, 7) is 0. The third-order valence-corrected chi connectivity index (χ3v) is 7.10. The van der Waals surface area contributed by atoms with E-state index in [1.165, 1.54) is 25.3 Å². The standard InChI is InChI=1S/C22H19N3O3/c1-25-20-13-5-3-11(8-13)16(20)14-9-12-4-2-10-6-7-15(22(27)28)23-17(10)18(12)24-19(14)21(25)26/h2,4,6-7,9,11,13,16,20H,3,5,8H2,1H3,(H,27,28). The number of benzene rings is 1. The summed E-state index contributed by atoms with van der Waals surface area (Å²) in [5.74, 6) is 0.488. The molecule has 140 valence electrons. The molecule has 6 rings (SSSR count).